The van der Waals surface area contributed by atoms with Crippen LogP contribution in [0.2, 0.25) is 10.3 Å². The maximum absolute atomic E-state index is 13.5. The number of aryl methyl sites for hydroxylation is 1. The number of carbonyl (C=O) groups is 2. The number of rotatable bonds is 4. The van der Waals surface area contributed by atoms with E-state index in [2.05, 4.69) is 20.6 Å². The lowest BCUT2D eigenvalue weighted by Gasteiger charge is -2.17. The third-order valence-corrected chi connectivity index (χ3v) is 4.42. The van der Waals surface area contributed by atoms with Gasteiger partial charge in [-0.1, -0.05) is 37.0 Å². The van der Waals surface area contributed by atoms with Gasteiger partial charge >= 0.3 is 6.03 Å². The Morgan fingerprint density at radius 1 is 1.31 bits per heavy atom. The van der Waals surface area contributed by atoms with E-state index >= 15 is 0 Å². The van der Waals surface area contributed by atoms with E-state index in [0.29, 0.717) is 11.4 Å². The largest absolute Gasteiger partial charge is 0.326 e. The highest BCUT2D eigenvalue weighted by molar-refractivity contribution is 6.35. The first-order chi connectivity index (χ1) is 12.2. The molecule has 3 amide bonds. The van der Waals surface area contributed by atoms with Crippen LogP contribution in [0.5, 0.6) is 0 Å². The standard InChI is InChI=1S/C17H17Cl2FN4O2/c1-4-8(2)12-13(9(3)5-6-21-12)22-17(26)24-16(25)10-7-11(20)15(19)23-14(10)18/h5-8H,4H2,1-3H3,(H2,22,24,25,26). The fraction of sp³-hybridized carbons (Fsp3) is 0.294. The number of aromatic nitrogens is 2. The van der Waals surface area contributed by atoms with Gasteiger partial charge in [0.1, 0.15) is 5.15 Å². The molecule has 0 radical (unpaired) electrons. The molecule has 138 valence electrons. The Morgan fingerprint density at radius 3 is 2.65 bits per heavy atom. The molecule has 0 saturated carbocycles. The highest BCUT2D eigenvalue weighted by Crippen LogP contribution is 2.27. The van der Waals surface area contributed by atoms with Crippen LogP contribution in [0, 0.1) is 12.7 Å². The van der Waals surface area contributed by atoms with Gasteiger partial charge in [-0.2, -0.15) is 0 Å². The van der Waals surface area contributed by atoms with Gasteiger partial charge in [-0.25, -0.2) is 14.2 Å². The monoisotopic (exact) mass is 398 g/mol. The molecule has 1 atom stereocenters. The molecule has 6 nitrogen and oxygen atoms in total. The van der Waals surface area contributed by atoms with Gasteiger partial charge < -0.3 is 5.32 Å². The minimum atomic E-state index is -0.913. The number of nitrogens with zero attached hydrogens (tertiary/aromatic N) is 2. The van der Waals surface area contributed by atoms with E-state index in [9.17, 15) is 14.0 Å². The first-order valence-electron chi connectivity index (χ1n) is 7.83. The summed E-state index contributed by atoms with van der Waals surface area (Å²) in [4.78, 5) is 32.2. The normalized spacial score (nSPS) is 11.8. The molecule has 2 heterocycles. The Labute approximate surface area is 160 Å². The Bertz CT molecular complexity index is 861. The average molecular weight is 399 g/mol. The van der Waals surface area contributed by atoms with E-state index in [1.54, 1.807) is 12.3 Å². The first kappa shape index (κ1) is 20.1. The Balaban J connectivity index is 2.20. The van der Waals surface area contributed by atoms with Crippen LogP contribution in [-0.2, 0) is 0 Å². The van der Waals surface area contributed by atoms with E-state index in [-0.39, 0.29) is 16.6 Å². The Kier molecular flexibility index (Phi) is 6.50. The van der Waals surface area contributed by atoms with Gasteiger partial charge in [0.15, 0.2) is 11.0 Å². The van der Waals surface area contributed by atoms with Crippen molar-refractivity contribution in [2.24, 2.45) is 0 Å². The molecule has 0 bridgehead atoms. The van der Waals surface area contributed by atoms with Crippen LogP contribution in [0.1, 0.15) is 47.8 Å². The SMILES string of the molecule is CCC(C)c1nccc(C)c1NC(=O)NC(=O)c1cc(F)c(Cl)nc1Cl. The van der Waals surface area contributed by atoms with E-state index in [1.807, 2.05) is 20.8 Å². The topological polar surface area (TPSA) is 84.0 Å². The van der Waals surface area contributed by atoms with Gasteiger partial charge in [-0.15, -0.1) is 0 Å². The van der Waals surface area contributed by atoms with Crippen LogP contribution >= 0.6 is 23.2 Å². The number of halogens is 3. The Hall–Kier alpha value is -2.25. The molecule has 2 N–H and O–H groups in total. The summed E-state index contributed by atoms with van der Waals surface area (Å²) >= 11 is 11.3. The molecule has 0 aliphatic carbocycles. The molecule has 0 saturated heterocycles. The van der Waals surface area contributed by atoms with Crippen molar-refractivity contribution in [3.8, 4) is 0 Å². The minimum absolute atomic E-state index is 0.116. The highest BCUT2D eigenvalue weighted by atomic mass is 35.5. The number of nitrogens with one attached hydrogen (secondary N) is 2. The lowest BCUT2D eigenvalue weighted by molar-refractivity contribution is 0.0966. The average Bonchev–Trinajstić information content (AvgIpc) is 2.59. The molecule has 0 aromatic carbocycles. The molecular weight excluding hydrogens is 382 g/mol. The molecule has 0 aliphatic heterocycles. The molecule has 0 spiro atoms. The number of pyridine rings is 2. The summed E-state index contributed by atoms with van der Waals surface area (Å²) in [5.41, 5.74) is 1.75. The highest BCUT2D eigenvalue weighted by Gasteiger charge is 2.20. The van der Waals surface area contributed by atoms with Crippen molar-refractivity contribution >= 4 is 40.8 Å². The molecule has 2 aromatic rings. The second-order valence-corrected chi connectivity index (χ2v) is 6.42. The van der Waals surface area contributed by atoms with Crippen molar-refractivity contribution < 1.29 is 14.0 Å². The van der Waals surface area contributed by atoms with Crippen LogP contribution in [0.25, 0.3) is 0 Å². The first-order valence-corrected chi connectivity index (χ1v) is 8.59. The molecule has 9 heteroatoms. The second-order valence-electron chi connectivity index (χ2n) is 5.71. The third kappa shape index (κ3) is 4.47. The van der Waals surface area contributed by atoms with Crippen LogP contribution in [-0.4, -0.2) is 21.9 Å². The van der Waals surface area contributed by atoms with E-state index in [1.165, 1.54) is 0 Å². The molecule has 1 unspecified atom stereocenters. The fourth-order valence-electron chi connectivity index (χ4n) is 2.23. The number of amides is 3. The lowest BCUT2D eigenvalue weighted by Crippen LogP contribution is -2.35. The number of imide groups is 1. The molecular formula is C17H17Cl2FN4O2. The summed E-state index contributed by atoms with van der Waals surface area (Å²) in [6, 6.07) is 1.78. The van der Waals surface area contributed by atoms with Crippen molar-refractivity contribution in [2.45, 2.75) is 33.1 Å². The quantitative estimate of drug-likeness (QED) is 0.730. The lowest BCUT2D eigenvalue weighted by atomic mass is 10.0. The number of carbonyl (C=O) groups excluding carboxylic acids is 2. The predicted octanol–water partition coefficient (Wildman–Crippen LogP) is 4.71. The summed E-state index contributed by atoms with van der Waals surface area (Å²) in [6.45, 7) is 5.81. The number of hydrogen-bond donors (Lipinski definition) is 2. The van der Waals surface area contributed by atoms with Crippen molar-refractivity contribution in [1.82, 2.24) is 15.3 Å². The summed E-state index contributed by atoms with van der Waals surface area (Å²) in [6.07, 6.45) is 2.49. The molecule has 2 aromatic heterocycles. The van der Waals surface area contributed by atoms with Gasteiger partial charge in [0, 0.05) is 12.1 Å². The van der Waals surface area contributed by atoms with Gasteiger partial charge in [-0.05, 0) is 31.0 Å². The zero-order valence-electron chi connectivity index (χ0n) is 14.4. The summed E-state index contributed by atoms with van der Waals surface area (Å²) in [5, 5.41) is 3.95. The smallest absolute Gasteiger partial charge is 0.306 e. The molecule has 26 heavy (non-hydrogen) atoms. The van der Waals surface area contributed by atoms with E-state index in [4.69, 9.17) is 23.2 Å². The van der Waals surface area contributed by atoms with Gasteiger partial charge in [0.2, 0.25) is 0 Å². The maximum atomic E-state index is 13.5. The van der Waals surface area contributed by atoms with E-state index in [0.717, 1.165) is 18.1 Å². The molecule has 0 fully saturated rings. The van der Waals surface area contributed by atoms with E-state index < -0.39 is 22.9 Å². The third-order valence-electron chi connectivity index (χ3n) is 3.86. The van der Waals surface area contributed by atoms with Crippen LogP contribution < -0.4 is 10.6 Å². The number of urea groups is 1. The van der Waals surface area contributed by atoms with Crippen molar-refractivity contribution in [1.29, 1.82) is 0 Å². The predicted molar refractivity (Wildman–Crippen MR) is 98.4 cm³/mol. The minimum Gasteiger partial charge on any atom is -0.306 e. The summed E-state index contributed by atoms with van der Waals surface area (Å²) < 4.78 is 13.5. The zero-order valence-corrected chi connectivity index (χ0v) is 15.9. The van der Waals surface area contributed by atoms with Crippen LogP contribution in [0.3, 0.4) is 0 Å². The van der Waals surface area contributed by atoms with Crippen LogP contribution in [0.4, 0.5) is 14.9 Å². The van der Waals surface area contributed by atoms with Crippen molar-refractivity contribution in [3.05, 3.63) is 51.3 Å². The Morgan fingerprint density at radius 2 is 2.00 bits per heavy atom. The summed E-state index contributed by atoms with van der Waals surface area (Å²) in [5.74, 6) is -1.70. The maximum Gasteiger partial charge on any atom is 0.326 e. The van der Waals surface area contributed by atoms with Crippen LogP contribution in [0.15, 0.2) is 18.3 Å². The summed E-state index contributed by atoms with van der Waals surface area (Å²) in [7, 11) is 0. The van der Waals surface area contributed by atoms with Crippen molar-refractivity contribution in [2.75, 3.05) is 5.32 Å². The van der Waals surface area contributed by atoms with Crippen molar-refractivity contribution in [3.63, 3.8) is 0 Å². The zero-order chi connectivity index (χ0) is 19.4. The number of hydrogen-bond acceptors (Lipinski definition) is 4. The molecule has 2 rings (SSSR count). The molecule has 0 aliphatic rings. The van der Waals surface area contributed by atoms with Gasteiger partial charge in [-0.3, -0.25) is 15.1 Å². The number of anilines is 1. The fourth-order valence-corrected chi connectivity index (χ4v) is 2.64. The second kappa shape index (κ2) is 8.42. The van der Waals surface area contributed by atoms with Gasteiger partial charge in [0.05, 0.1) is 16.9 Å². The van der Waals surface area contributed by atoms with Gasteiger partial charge in [0.25, 0.3) is 5.91 Å².